The van der Waals surface area contributed by atoms with Crippen LogP contribution in [-0.4, -0.2) is 59.0 Å². The number of nitrogens with zero attached hydrogens (tertiary/aromatic N) is 1. The molecular formula is C16H25N2O8P. The van der Waals surface area contributed by atoms with Crippen LogP contribution < -0.4 is 11.2 Å². The summed E-state index contributed by atoms with van der Waals surface area (Å²) in [6.45, 7) is 3.99. The Kier molecular flexibility index (Phi) is 6.05. The van der Waals surface area contributed by atoms with Crippen LogP contribution in [0.15, 0.2) is 21.9 Å². The minimum absolute atomic E-state index is 0.245. The van der Waals surface area contributed by atoms with Gasteiger partial charge in [-0.05, 0) is 20.3 Å². The average Bonchev–Trinajstić information content (AvgIpc) is 3.34. The van der Waals surface area contributed by atoms with E-state index in [2.05, 4.69) is 4.98 Å². The molecule has 1 saturated carbocycles. The Labute approximate surface area is 155 Å². The molecule has 0 amide bonds. The summed E-state index contributed by atoms with van der Waals surface area (Å²) in [5.41, 5.74) is -1.57. The van der Waals surface area contributed by atoms with Crippen molar-refractivity contribution in [2.45, 2.75) is 50.5 Å². The molecule has 0 radical (unpaired) electrons. The molecule has 6 atom stereocenters. The van der Waals surface area contributed by atoms with E-state index in [1.807, 2.05) is 0 Å². The number of aromatic amines is 1. The van der Waals surface area contributed by atoms with Gasteiger partial charge in [0.1, 0.15) is 12.2 Å². The van der Waals surface area contributed by atoms with Crippen molar-refractivity contribution in [2.24, 2.45) is 5.92 Å². The van der Waals surface area contributed by atoms with Gasteiger partial charge in [-0.3, -0.25) is 18.9 Å². The zero-order valence-electron chi connectivity index (χ0n) is 15.4. The van der Waals surface area contributed by atoms with Crippen molar-refractivity contribution in [3.63, 3.8) is 0 Å². The number of aliphatic hydroxyl groups is 1. The molecule has 1 aliphatic heterocycles. The number of methoxy groups -OCH3 is 1. The summed E-state index contributed by atoms with van der Waals surface area (Å²) in [5, 5.41) is 10.7. The van der Waals surface area contributed by atoms with Crippen molar-refractivity contribution in [1.82, 2.24) is 9.55 Å². The van der Waals surface area contributed by atoms with Crippen LogP contribution in [0.25, 0.3) is 0 Å². The number of aromatic nitrogens is 2. The van der Waals surface area contributed by atoms with E-state index in [0.717, 1.165) is 0 Å². The van der Waals surface area contributed by atoms with Gasteiger partial charge in [0.15, 0.2) is 6.23 Å². The molecule has 3 rings (SSSR count). The number of hydrogen-bond acceptors (Lipinski definition) is 8. The smallest absolute Gasteiger partial charge is 0.334 e. The summed E-state index contributed by atoms with van der Waals surface area (Å²) in [4.78, 5) is 25.5. The fourth-order valence-electron chi connectivity index (χ4n) is 3.64. The number of rotatable bonds is 8. The van der Waals surface area contributed by atoms with Gasteiger partial charge in [0.2, 0.25) is 0 Å². The SMILES string of the molecule is CCOP(=O)(OCC)C1CC1[C@H]1O[C@@H](n2ccc(=O)[nH]c2=O)C(OC)C1O. The van der Waals surface area contributed by atoms with Crippen molar-refractivity contribution in [2.75, 3.05) is 20.3 Å². The van der Waals surface area contributed by atoms with E-state index in [1.165, 1.54) is 23.9 Å². The molecular weight excluding hydrogens is 379 g/mol. The van der Waals surface area contributed by atoms with E-state index in [0.29, 0.717) is 6.42 Å². The molecule has 1 saturated heterocycles. The van der Waals surface area contributed by atoms with Crippen LogP contribution in [0.3, 0.4) is 0 Å². The molecule has 152 valence electrons. The zero-order chi connectivity index (χ0) is 19.8. The largest absolute Gasteiger partial charge is 0.387 e. The van der Waals surface area contributed by atoms with Gasteiger partial charge in [0.25, 0.3) is 5.56 Å². The summed E-state index contributed by atoms with van der Waals surface area (Å²) in [6.07, 6.45) is -1.66. The van der Waals surface area contributed by atoms with Gasteiger partial charge in [0.05, 0.1) is 25.0 Å². The van der Waals surface area contributed by atoms with E-state index in [1.54, 1.807) is 13.8 Å². The second-order valence-electron chi connectivity index (χ2n) is 6.54. The Morgan fingerprint density at radius 1 is 1.33 bits per heavy atom. The summed E-state index contributed by atoms with van der Waals surface area (Å²) in [5.74, 6) is -0.245. The number of nitrogens with one attached hydrogen (secondary N) is 1. The predicted octanol–water partition coefficient (Wildman–Crippen LogP) is 0.465. The molecule has 1 aromatic heterocycles. The first kappa shape index (κ1) is 20.4. The number of aliphatic hydroxyl groups excluding tert-OH is 1. The minimum atomic E-state index is -3.30. The highest BCUT2D eigenvalue weighted by molar-refractivity contribution is 7.55. The van der Waals surface area contributed by atoms with Crippen LogP contribution in [-0.2, 0) is 23.1 Å². The van der Waals surface area contributed by atoms with Gasteiger partial charge < -0.3 is 23.6 Å². The number of hydrogen-bond donors (Lipinski definition) is 2. The van der Waals surface area contributed by atoms with Gasteiger partial charge in [-0.1, -0.05) is 0 Å². The number of ether oxygens (including phenoxy) is 2. The second-order valence-corrected chi connectivity index (χ2v) is 8.80. The van der Waals surface area contributed by atoms with E-state index < -0.39 is 43.4 Å². The molecule has 10 nitrogen and oxygen atoms in total. The van der Waals surface area contributed by atoms with Crippen molar-refractivity contribution in [3.05, 3.63) is 33.1 Å². The molecule has 11 heteroatoms. The Morgan fingerprint density at radius 3 is 2.56 bits per heavy atom. The molecule has 4 unspecified atom stereocenters. The highest BCUT2D eigenvalue weighted by Gasteiger charge is 2.61. The first-order valence-corrected chi connectivity index (χ1v) is 10.5. The molecule has 2 heterocycles. The third-order valence-corrected chi connectivity index (χ3v) is 7.54. The van der Waals surface area contributed by atoms with E-state index >= 15 is 0 Å². The van der Waals surface area contributed by atoms with Crippen molar-refractivity contribution in [3.8, 4) is 0 Å². The van der Waals surface area contributed by atoms with Crippen LogP contribution in [0.1, 0.15) is 26.5 Å². The molecule has 1 aromatic rings. The molecule has 0 bridgehead atoms. The first-order valence-electron chi connectivity index (χ1n) is 8.92. The maximum atomic E-state index is 12.9. The van der Waals surface area contributed by atoms with Gasteiger partial charge in [-0.15, -0.1) is 0 Å². The quantitative estimate of drug-likeness (QED) is 0.598. The average molecular weight is 404 g/mol. The summed E-state index contributed by atoms with van der Waals surface area (Å²) in [7, 11) is -1.90. The third kappa shape index (κ3) is 3.83. The fourth-order valence-corrected chi connectivity index (χ4v) is 5.96. The van der Waals surface area contributed by atoms with Gasteiger partial charge in [-0.2, -0.15) is 0 Å². The lowest BCUT2D eigenvalue weighted by Crippen LogP contribution is -2.38. The van der Waals surface area contributed by atoms with Crippen LogP contribution in [0.2, 0.25) is 0 Å². The van der Waals surface area contributed by atoms with E-state index in [-0.39, 0.29) is 24.8 Å². The Hall–Kier alpha value is -1.29. The Morgan fingerprint density at radius 2 is 2.00 bits per heavy atom. The maximum Gasteiger partial charge on any atom is 0.334 e. The third-order valence-electron chi connectivity index (χ3n) is 4.90. The molecule has 1 aliphatic carbocycles. The molecule has 0 aromatic carbocycles. The van der Waals surface area contributed by atoms with E-state index in [9.17, 15) is 19.3 Å². The summed E-state index contributed by atoms with van der Waals surface area (Å²) in [6, 6.07) is 1.19. The fraction of sp³-hybridized carbons (Fsp3) is 0.750. The molecule has 2 N–H and O–H groups in total. The van der Waals surface area contributed by atoms with Gasteiger partial charge >= 0.3 is 13.3 Å². The summed E-state index contributed by atoms with van der Waals surface area (Å²) < 4.78 is 36.1. The highest BCUT2D eigenvalue weighted by atomic mass is 31.2. The second kappa shape index (κ2) is 7.98. The molecule has 0 spiro atoms. The number of H-pyrrole nitrogens is 1. The highest BCUT2D eigenvalue weighted by Crippen LogP contribution is 2.67. The lowest BCUT2D eigenvalue weighted by molar-refractivity contribution is -0.0572. The van der Waals surface area contributed by atoms with Crippen LogP contribution in [0, 0.1) is 5.92 Å². The van der Waals surface area contributed by atoms with Crippen LogP contribution in [0.5, 0.6) is 0 Å². The van der Waals surface area contributed by atoms with Crippen LogP contribution >= 0.6 is 7.60 Å². The van der Waals surface area contributed by atoms with Crippen LogP contribution in [0.4, 0.5) is 0 Å². The Balaban J connectivity index is 1.81. The van der Waals surface area contributed by atoms with Gasteiger partial charge in [-0.25, -0.2) is 4.79 Å². The summed E-state index contributed by atoms with van der Waals surface area (Å²) >= 11 is 0. The minimum Gasteiger partial charge on any atom is -0.387 e. The first-order chi connectivity index (χ1) is 12.9. The van der Waals surface area contributed by atoms with E-state index in [4.69, 9.17) is 18.5 Å². The van der Waals surface area contributed by atoms with Crippen molar-refractivity contribution >= 4 is 7.60 Å². The predicted molar refractivity (Wildman–Crippen MR) is 94.8 cm³/mol. The topological polar surface area (TPSA) is 129 Å². The molecule has 27 heavy (non-hydrogen) atoms. The normalized spacial score (nSPS) is 33.3. The monoisotopic (exact) mass is 404 g/mol. The zero-order valence-corrected chi connectivity index (χ0v) is 16.3. The lowest BCUT2D eigenvalue weighted by Gasteiger charge is -2.20. The molecule has 2 aliphatic rings. The lowest BCUT2D eigenvalue weighted by atomic mass is 10.1. The van der Waals surface area contributed by atoms with Gasteiger partial charge in [0, 0.05) is 25.3 Å². The maximum absolute atomic E-state index is 12.9. The molecule has 2 fully saturated rings. The van der Waals surface area contributed by atoms with Crippen molar-refractivity contribution < 1.29 is 28.2 Å². The van der Waals surface area contributed by atoms with Crippen molar-refractivity contribution in [1.29, 1.82) is 0 Å². The standard InChI is InChI=1S/C16H25N2O8P/c1-4-24-27(22,25-5-2)10-8-9(10)13-12(20)14(23-3)15(26-13)18-7-6-11(19)17-16(18)21/h6-7,9-10,12-15,20H,4-5,8H2,1-3H3,(H,17,19,21)/t9?,10?,12?,13-,14?,15-/m1/s1. The Bertz CT molecular complexity index is 813.